The van der Waals surface area contributed by atoms with Crippen LogP contribution >= 0.6 is 0 Å². The maximum Gasteiger partial charge on any atom is 0.160 e. The van der Waals surface area contributed by atoms with Gasteiger partial charge in [-0.1, -0.05) is 4.85 Å². The van der Waals surface area contributed by atoms with Crippen LogP contribution in [-0.4, -0.2) is 19.9 Å². The molecule has 0 amide bonds. The van der Waals surface area contributed by atoms with Gasteiger partial charge in [-0.2, -0.15) is 0 Å². The first-order valence-electron chi connectivity index (χ1n) is 8.99. The highest BCUT2D eigenvalue weighted by Gasteiger charge is 2.09. The number of anilines is 3. The Morgan fingerprint density at radius 2 is 1.00 bits per heavy atom. The molecule has 154 valence electrons. The summed E-state index contributed by atoms with van der Waals surface area (Å²) >= 11 is 0. The van der Waals surface area contributed by atoms with Gasteiger partial charge in [0.2, 0.25) is 0 Å². The molecule has 0 saturated heterocycles. The van der Waals surface area contributed by atoms with Crippen LogP contribution in [0.1, 0.15) is 0 Å². The number of benzene rings is 3. The number of hydrogen-bond donors (Lipinski definition) is 4. The highest BCUT2D eigenvalue weighted by Crippen LogP contribution is 2.17. The summed E-state index contributed by atoms with van der Waals surface area (Å²) in [5.41, 5.74) is 19.1. The Bertz CT molecular complexity index is 1070. The van der Waals surface area contributed by atoms with Gasteiger partial charge < -0.3 is 31.7 Å². The molecule has 0 aliphatic heterocycles. The molecular weight excluding hydrogens is 386 g/mol. The van der Waals surface area contributed by atoms with E-state index in [4.69, 9.17) is 31.7 Å². The summed E-state index contributed by atoms with van der Waals surface area (Å²) in [5, 5.41) is 2.92. The van der Waals surface area contributed by atoms with Crippen molar-refractivity contribution in [1.82, 2.24) is 19.9 Å². The van der Waals surface area contributed by atoms with Crippen molar-refractivity contribution in [2.75, 3.05) is 17.2 Å². The highest BCUT2D eigenvalue weighted by molar-refractivity contribution is 5.43. The minimum atomic E-state index is 0.498. The summed E-state index contributed by atoms with van der Waals surface area (Å²) in [7, 11) is 0. The van der Waals surface area contributed by atoms with Crippen LogP contribution < -0.4 is 31.7 Å². The van der Waals surface area contributed by atoms with Crippen LogP contribution in [0.4, 0.5) is 17.1 Å². The minimum absolute atomic E-state index is 0.498. The predicted octanol–water partition coefficient (Wildman–Crippen LogP) is 2.82. The standard InChI is InChI=1S/C20H21N7O3/c21-15-1-7-18(8-2-15)28-25-14-13-24-26(29-19-9-3-16(22)4-10-19)27(25)30-20-11-5-17(23)6-12-20/h1-14,24H,21-23H2. The first-order chi connectivity index (χ1) is 14.6. The summed E-state index contributed by atoms with van der Waals surface area (Å²) in [4.78, 5) is 21.5. The topological polar surface area (TPSA) is 136 Å². The summed E-state index contributed by atoms with van der Waals surface area (Å²) in [6.45, 7) is 0. The number of hydrogen-bond acceptors (Lipinski definition) is 6. The Balaban J connectivity index is 1.71. The smallest absolute Gasteiger partial charge is 0.160 e. The first kappa shape index (κ1) is 18.7. The lowest BCUT2D eigenvalue weighted by atomic mass is 10.3. The average molecular weight is 407 g/mol. The van der Waals surface area contributed by atoms with E-state index in [1.165, 1.54) is 14.8 Å². The van der Waals surface area contributed by atoms with Crippen molar-refractivity contribution >= 4 is 17.1 Å². The molecular formula is C20H21N7O3. The number of nitrogen functional groups attached to an aromatic ring is 3. The molecule has 10 heteroatoms. The molecule has 0 fully saturated rings. The van der Waals surface area contributed by atoms with E-state index in [1.54, 1.807) is 85.2 Å². The van der Waals surface area contributed by atoms with Gasteiger partial charge >= 0.3 is 0 Å². The number of H-pyrrole nitrogens is 1. The summed E-state index contributed by atoms with van der Waals surface area (Å²) < 4.78 is 0. The second-order valence-corrected chi connectivity index (χ2v) is 6.25. The van der Waals surface area contributed by atoms with Crippen molar-refractivity contribution in [3.05, 3.63) is 85.2 Å². The quantitative estimate of drug-likeness (QED) is 0.363. The van der Waals surface area contributed by atoms with Crippen LogP contribution in [0, 0.1) is 0 Å². The van der Waals surface area contributed by atoms with E-state index in [0.29, 0.717) is 34.3 Å². The Labute approximate surface area is 171 Å². The maximum atomic E-state index is 5.94. The molecule has 0 bridgehead atoms. The van der Waals surface area contributed by atoms with Crippen molar-refractivity contribution in [2.45, 2.75) is 0 Å². The molecule has 1 heterocycles. The van der Waals surface area contributed by atoms with Crippen LogP contribution in [0.2, 0.25) is 0 Å². The lowest BCUT2D eigenvalue weighted by Gasteiger charge is -2.21. The van der Waals surface area contributed by atoms with Gasteiger partial charge in [-0.05, 0) is 72.8 Å². The van der Waals surface area contributed by atoms with Crippen LogP contribution in [0.15, 0.2) is 85.2 Å². The predicted molar refractivity (Wildman–Crippen MR) is 113 cm³/mol. The van der Waals surface area contributed by atoms with E-state index in [2.05, 4.69) is 5.10 Å². The zero-order valence-electron chi connectivity index (χ0n) is 15.9. The maximum absolute atomic E-state index is 5.94. The van der Waals surface area contributed by atoms with E-state index in [-0.39, 0.29) is 0 Å². The number of aromatic nitrogens is 4. The third-order valence-electron chi connectivity index (χ3n) is 3.93. The van der Waals surface area contributed by atoms with Gasteiger partial charge in [0.25, 0.3) is 0 Å². The fourth-order valence-electron chi connectivity index (χ4n) is 2.44. The van der Waals surface area contributed by atoms with Crippen molar-refractivity contribution in [3.8, 4) is 17.2 Å². The van der Waals surface area contributed by atoms with E-state index < -0.39 is 0 Å². The van der Waals surface area contributed by atoms with Gasteiger partial charge in [0.15, 0.2) is 17.2 Å². The van der Waals surface area contributed by atoms with Crippen molar-refractivity contribution in [2.24, 2.45) is 0 Å². The average Bonchev–Trinajstić information content (AvgIpc) is 2.75. The summed E-state index contributed by atoms with van der Waals surface area (Å²) in [6.07, 6.45) is 3.22. The fourth-order valence-corrected chi connectivity index (χ4v) is 2.44. The van der Waals surface area contributed by atoms with Gasteiger partial charge in [0, 0.05) is 33.2 Å². The molecule has 30 heavy (non-hydrogen) atoms. The molecule has 10 nitrogen and oxygen atoms in total. The number of rotatable bonds is 6. The van der Waals surface area contributed by atoms with Gasteiger partial charge in [0.1, 0.15) is 0 Å². The third-order valence-corrected chi connectivity index (χ3v) is 3.93. The lowest BCUT2D eigenvalue weighted by Crippen LogP contribution is -2.36. The SMILES string of the molecule is Nc1ccc(On2cc[nH]n(Oc3ccc(N)cc3)n2Oc2ccc(N)cc2)cc1. The molecule has 4 rings (SSSR count). The largest absolute Gasteiger partial charge is 0.399 e. The Morgan fingerprint density at radius 1 is 0.567 bits per heavy atom. The highest BCUT2D eigenvalue weighted by atomic mass is 16.9. The molecule has 0 aliphatic carbocycles. The van der Waals surface area contributed by atoms with Gasteiger partial charge in [-0.25, -0.2) is 0 Å². The molecule has 7 N–H and O–H groups in total. The molecule has 0 atom stereocenters. The Morgan fingerprint density at radius 3 is 1.50 bits per heavy atom. The Kier molecular flexibility index (Phi) is 5.12. The molecule has 4 aromatic rings. The van der Waals surface area contributed by atoms with E-state index in [1.807, 2.05) is 0 Å². The molecule has 3 aromatic carbocycles. The van der Waals surface area contributed by atoms with Gasteiger partial charge in [0.05, 0.1) is 6.20 Å². The molecule has 0 unspecified atom stereocenters. The fraction of sp³-hybridized carbons (Fsp3) is 0. The zero-order valence-corrected chi connectivity index (χ0v) is 15.9. The zero-order chi connectivity index (χ0) is 20.9. The Hall–Kier alpha value is -4.60. The normalized spacial score (nSPS) is 10.4. The van der Waals surface area contributed by atoms with Crippen LogP contribution in [0.5, 0.6) is 17.2 Å². The third kappa shape index (κ3) is 4.44. The lowest BCUT2D eigenvalue weighted by molar-refractivity contribution is -0.101. The number of nitrogens with two attached hydrogens (primary N) is 3. The second kappa shape index (κ2) is 8.19. The van der Waals surface area contributed by atoms with Crippen molar-refractivity contribution < 1.29 is 14.5 Å². The number of nitrogens with zero attached hydrogens (tertiary/aromatic N) is 3. The second-order valence-electron chi connectivity index (χ2n) is 6.25. The van der Waals surface area contributed by atoms with Crippen LogP contribution in [0.3, 0.4) is 0 Å². The van der Waals surface area contributed by atoms with Crippen molar-refractivity contribution in [1.29, 1.82) is 0 Å². The number of aromatic amines is 1. The molecule has 0 aliphatic rings. The van der Waals surface area contributed by atoms with Gasteiger partial charge in [-0.15, -0.1) is 0 Å². The van der Waals surface area contributed by atoms with Gasteiger partial charge in [-0.3, -0.25) is 5.10 Å². The first-order valence-corrected chi connectivity index (χ1v) is 8.99. The summed E-state index contributed by atoms with van der Waals surface area (Å²) in [5.74, 6) is 1.55. The molecule has 0 saturated carbocycles. The molecule has 0 spiro atoms. The number of nitrogens with one attached hydrogen (secondary N) is 1. The van der Waals surface area contributed by atoms with E-state index >= 15 is 0 Å². The summed E-state index contributed by atoms with van der Waals surface area (Å²) in [6, 6.07) is 20.7. The monoisotopic (exact) mass is 407 g/mol. The minimum Gasteiger partial charge on any atom is -0.399 e. The van der Waals surface area contributed by atoms with Crippen LogP contribution in [0.25, 0.3) is 0 Å². The molecule has 0 radical (unpaired) electrons. The van der Waals surface area contributed by atoms with E-state index in [0.717, 1.165) is 0 Å². The molecule has 1 aromatic heterocycles. The van der Waals surface area contributed by atoms with Crippen LogP contribution in [-0.2, 0) is 0 Å². The van der Waals surface area contributed by atoms with E-state index in [9.17, 15) is 0 Å². The van der Waals surface area contributed by atoms with Crippen molar-refractivity contribution in [3.63, 3.8) is 0 Å².